The van der Waals surface area contributed by atoms with E-state index in [-0.39, 0.29) is 10.5 Å². The van der Waals surface area contributed by atoms with Gasteiger partial charge in [0.25, 0.3) is 10.1 Å². The molecule has 0 saturated heterocycles. The minimum atomic E-state index is -4.48. The van der Waals surface area contributed by atoms with Crippen LogP contribution in [0.15, 0.2) is 132 Å². The second-order valence-corrected chi connectivity index (χ2v) is 10.8. The van der Waals surface area contributed by atoms with Gasteiger partial charge < -0.3 is 5.11 Å². The maximum Gasteiger partial charge on any atom is 0.335 e. The van der Waals surface area contributed by atoms with Crippen molar-refractivity contribution in [1.82, 2.24) is 0 Å². The van der Waals surface area contributed by atoms with Crippen molar-refractivity contribution in [1.29, 1.82) is 0 Å². The van der Waals surface area contributed by atoms with Crippen molar-refractivity contribution in [2.75, 3.05) is 0 Å². The molecular weight excluding hydrogens is 520 g/mol. The zero-order valence-corrected chi connectivity index (χ0v) is 22.3. The van der Waals surface area contributed by atoms with E-state index in [9.17, 15) is 22.9 Å². The van der Waals surface area contributed by atoms with Crippen molar-refractivity contribution >= 4 is 27.7 Å². The first-order valence-electron chi connectivity index (χ1n) is 12.6. The van der Waals surface area contributed by atoms with E-state index >= 15 is 0 Å². The molecule has 0 fully saturated rings. The van der Waals surface area contributed by atoms with Gasteiger partial charge in [-0.3, -0.25) is 4.55 Å². The van der Waals surface area contributed by atoms with E-state index in [0.29, 0.717) is 11.1 Å². The summed E-state index contributed by atoms with van der Waals surface area (Å²) in [6, 6.07) is 38.8. The first-order chi connectivity index (χ1) is 19.3. The summed E-state index contributed by atoms with van der Waals surface area (Å²) in [6.45, 7) is 0. The first-order valence-corrected chi connectivity index (χ1v) is 14.1. The third-order valence-corrected chi connectivity index (χ3v) is 7.51. The fraction of sp³-hybridized carbons (Fsp3) is 0.0294. The molecule has 2 N–H and O–H groups in total. The fourth-order valence-electron chi connectivity index (χ4n) is 4.70. The van der Waals surface area contributed by atoms with E-state index in [0.717, 1.165) is 33.5 Å². The standard InChI is InChI=1S/C34H26O5S/c35-34(36)30-10-6-9-27(23-30)22-26-15-19-29(20-16-26)33(31-11-4-5-12-32(31)40(37,38)39)28-17-13-25(14-18-28)21-24-7-2-1-3-8-24/h1-20,22-23H,21H2,(H,35,36)(H,37,38,39). The van der Waals surface area contributed by atoms with Crippen molar-refractivity contribution in [2.24, 2.45) is 0 Å². The zero-order chi connectivity index (χ0) is 28.1. The second kappa shape index (κ2) is 11.5. The molecule has 0 atom stereocenters. The summed E-state index contributed by atoms with van der Waals surface area (Å²) in [5.74, 6) is -0.989. The number of aromatic carboxylic acids is 1. The highest BCUT2D eigenvalue weighted by Crippen LogP contribution is 2.27. The lowest BCUT2D eigenvalue weighted by atomic mass is 9.93. The van der Waals surface area contributed by atoms with Gasteiger partial charge in [-0.2, -0.15) is 8.42 Å². The van der Waals surface area contributed by atoms with Crippen LogP contribution < -0.4 is 10.4 Å². The molecule has 6 heteroatoms. The van der Waals surface area contributed by atoms with Crippen LogP contribution in [0.25, 0.3) is 11.6 Å². The van der Waals surface area contributed by atoms with Crippen LogP contribution in [0.3, 0.4) is 0 Å². The van der Waals surface area contributed by atoms with Gasteiger partial charge in [0.05, 0.1) is 5.56 Å². The SMILES string of the molecule is O=C(O)c1cccc(C=c2ccc(=C(c3ccc(Cc4ccccc4)cc3)c3ccccc3S(=O)(=O)O)cc2)c1. The molecule has 198 valence electrons. The summed E-state index contributed by atoms with van der Waals surface area (Å²) in [5.41, 5.74) is 5.13. The lowest BCUT2D eigenvalue weighted by Gasteiger charge is -2.13. The number of carboxylic acids is 1. The van der Waals surface area contributed by atoms with Gasteiger partial charge in [0.1, 0.15) is 4.90 Å². The summed E-state index contributed by atoms with van der Waals surface area (Å²) >= 11 is 0. The van der Waals surface area contributed by atoms with Crippen LogP contribution in [0.5, 0.6) is 0 Å². The Labute approximate surface area is 232 Å². The van der Waals surface area contributed by atoms with E-state index in [1.54, 1.807) is 36.4 Å². The molecule has 0 bridgehead atoms. The average molecular weight is 547 g/mol. The Balaban J connectivity index is 1.63. The highest BCUT2D eigenvalue weighted by atomic mass is 32.2. The van der Waals surface area contributed by atoms with Crippen molar-refractivity contribution in [3.05, 3.63) is 171 Å². The molecule has 0 aliphatic heterocycles. The van der Waals surface area contributed by atoms with Gasteiger partial charge in [-0.25, -0.2) is 4.79 Å². The number of hydrogen-bond acceptors (Lipinski definition) is 3. The lowest BCUT2D eigenvalue weighted by Crippen LogP contribution is -2.14. The highest BCUT2D eigenvalue weighted by molar-refractivity contribution is 7.86. The van der Waals surface area contributed by atoms with Gasteiger partial charge in [-0.05, 0) is 69.0 Å². The quantitative estimate of drug-likeness (QED) is 0.271. The average Bonchev–Trinajstić information content (AvgIpc) is 2.95. The molecule has 5 nitrogen and oxygen atoms in total. The molecule has 0 radical (unpaired) electrons. The summed E-state index contributed by atoms with van der Waals surface area (Å²) in [7, 11) is -4.48. The monoisotopic (exact) mass is 546 g/mol. The molecule has 5 rings (SSSR count). The number of rotatable bonds is 7. The second-order valence-electron chi connectivity index (χ2n) is 9.40. The van der Waals surface area contributed by atoms with Gasteiger partial charge in [0, 0.05) is 5.56 Å². The van der Waals surface area contributed by atoms with Crippen molar-refractivity contribution in [3.63, 3.8) is 0 Å². The Morgan fingerprint density at radius 1 is 0.675 bits per heavy atom. The third-order valence-electron chi connectivity index (χ3n) is 6.59. The highest BCUT2D eigenvalue weighted by Gasteiger charge is 2.19. The van der Waals surface area contributed by atoms with E-state index < -0.39 is 16.1 Å². The van der Waals surface area contributed by atoms with E-state index in [4.69, 9.17) is 0 Å². The molecule has 0 heterocycles. The summed E-state index contributed by atoms with van der Waals surface area (Å²) in [4.78, 5) is 11.2. The molecule has 0 saturated carbocycles. The molecule has 5 aromatic carbocycles. The molecule has 0 amide bonds. The van der Waals surface area contributed by atoms with E-state index in [1.807, 2.05) is 78.9 Å². The smallest absolute Gasteiger partial charge is 0.335 e. The van der Waals surface area contributed by atoms with Crippen LogP contribution in [0.4, 0.5) is 0 Å². The van der Waals surface area contributed by atoms with Crippen LogP contribution in [0.1, 0.15) is 38.2 Å². The lowest BCUT2D eigenvalue weighted by molar-refractivity contribution is 0.0697. The van der Waals surface area contributed by atoms with Crippen LogP contribution in [-0.4, -0.2) is 24.0 Å². The first kappa shape index (κ1) is 26.8. The molecule has 40 heavy (non-hydrogen) atoms. The Morgan fingerprint density at radius 2 is 1.32 bits per heavy atom. The molecule has 0 aliphatic carbocycles. The van der Waals surface area contributed by atoms with Crippen LogP contribution >= 0.6 is 0 Å². The van der Waals surface area contributed by atoms with E-state index in [1.165, 1.54) is 11.6 Å². The van der Waals surface area contributed by atoms with Crippen molar-refractivity contribution in [2.45, 2.75) is 11.3 Å². The Kier molecular flexibility index (Phi) is 7.73. The van der Waals surface area contributed by atoms with Gasteiger partial charge in [-0.15, -0.1) is 0 Å². The number of carboxylic acid groups (broad SMARTS) is 1. The molecule has 0 aromatic heterocycles. The maximum atomic E-state index is 12.3. The van der Waals surface area contributed by atoms with Gasteiger partial charge in [-0.1, -0.05) is 109 Å². The van der Waals surface area contributed by atoms with Crippen LogP contribution in [-0.2, 0) is 16.5 Å². The Bertz CT molecular complexity index is 1890. The third kappa shape index (κ3) is 6.26. The van der Waals surface area contributed by atoms with Gasteiger partial charge >= 0.3 is 5.97 Å². The maximum absolute atomic E-state index is 12.3. The van der Waals surface area contributed by atoms with Crippen molar-refractivity contribution in [3.8, 4) is 0 Å². The minimum absolute atomic E-state index is 0.167. The van der Waals surface area contributed by atoms with Crippen LogP contribution in [0.2, 0.25) is 0 Å². The zero-order valence-electron chi connectivity index (χ0n) is 21.4. The summed E-state index contributed by atoms with van der Waals surface area (Å²) in [5, 5.41) is 10.9. The predicted octanol–water partition coefficient (Wildman–Crippen LogP) is 5.30. The molecular formula is C34H26O5S. The minimum Gasteiger partial charge on any atom is -0.478 e. The topological polar surface area (TPSA) is 91.7 Å². The number of benzene rings is 5. The predicted molar refractivity (Wildman–Crippen MR) is 156 cm³/mol. The molecule has 5 aromatic rings. The largest absolute Gasteiger partial charge is 0.478 e. The molecule has 0 spiro atoms. The normalized spacial score (nSPS) is 11.1. The number of hydrogen-bond donors (Lipinski definition) is 2. The van der Waals surface area contributed by atoms with Gasteiger partial charge in [0.2, 0.25) is 0 Å². The van der Waals surface area contributed by atoms with Gasteiger partial charge in [0.15, 0.2) is 0 Å². The summed E-state index contributed by atoms with van der Waals surface area (Å²) in [6.07, 6.45) is 2.64. The van der Waals surface area contributed by atoms with Crippen LogP contribution in [0, 0.1) is 0 Å². The fourth-order valence-corrected chi connectivity index (χ4v) is 5.40. The Hall–Kier alpha value is -4.78. The van der Waals surface area contributed by atoms with Crippen molar-refractivity contribution < 1.29 is 22.9 Å². The molecule has 0 unspecified atom stereocenters. The van der Waals surface area contributed by atoms with E-state index in [2.05, 4.69) is 12.1 Å². The summed E-state index contributed by atoms with van der Waals surface area (Å²) < 4.78 is 34.6. The Morgan fingerprint density at radius 3 is 2.00 bits per heavy atom. The molecule has 0 aliphatic rings. The number of carbonyl (C=O) groups is 1.